The second kappa shape index (κ2) is 11.6. The van der Waals surface area contributed by atoms with Gasteiger partial charge in [0.05, 0.1) is 16.8 Å². The average molecular weight is 805 g/mol. The van der Waals surface area contributed by atoms with Crippen molar-refractivity contribution in [2.24, 2.45) is 0 Å². The Bertz CT molecular complexity index is 2660. The Hall–Kier alpha value is -5.06. The van der Waals surface area contributed by atoms with Crippen LogP contribution < -0.4 is 4.74 Å². The summed E-state index contributed by atoms with van der Waals surface area (Å²) in [5, 5.41) is 6.18. The summed E-state index contributed by atoms with van der Waals surface area (Å²) in [6, 6.07) is 30.8. The van der Waals surface area contributed by atoms with Crippen molar-refractivity contribution < 1.29 is 25.8 Å². The van der Waals surface area contributed by atoms with Crippen LogP contribution in [0.4, 0.5) is 0 Å². The van der Waals surface area contributed by atoms with Crippen molar-refractivity contribution in [2.75, 3.05) is 0 Å². The number of rotatable bonds is 5. The van der Waals surface area contributed by atoms with Crippen LogP contribution >= 0.6 is 0 Å². The number of aromatic nitrogens is 5. The van der Waals surface area contributed by atoms with E-state index in [1.807, 2.05) is 53.6 Å². The smallest absolute Gasteiger partial charge is 0.497 e. The zero-order valence-electron chi connectivity index (χ0n) is 26.9. The van der Waals surface area contributed by atoms with Crippen molar-refractivity contribution in [3.8, 4) is 22.6 Å². The molecule has 0 N–H and O–H groups in total. The second-order valence-electron chi connectivity index (χ2n) is 12.8. The number of ether oxygens (including phenoxy) is 1. The van der Waals surface area contributed by atoms with Crippen LogP contribution in [0.5, 0.6) is 11.5 Å². The first-order valence-corrected chi connectivity index (χ1v) is 16.1. The molecule has 5 heterocycles. The van der Waals surface area contributed by atoms with Crippen LogP contribution in [0.25, 0.3) is 65.8 Å². The maximum atomic E-state index is 6.45. The van der Waals surface area contributed by atoms with E-state index in [2.05, 4.69) is 103 Å². The summed E-state index contributed by atoms with van der Waals surface area (Å²) in [6.07, 6.45) is 11.3. The van der Waals surface area contributed by atoms with Gasteiger partial charge < -0.3 is 13.5 Å². The van der Waals surface area contributed by atoms with E-state index in [-0.39, 0.29) is 21.1 Å². The van der Waals surface area contributed by atoms with Gasteiger partial charge >= 0.3 is 21.1 Å². The molecule has 0 aliphatic carbocycles. The van der Waals surface area contributed by atoms with Gasteiger partial charge in [-0.2, -0.15) is 0 Å². The molecular weight excluding hydrogens is 774 g/mol. The Balaban J connectivity index is 0.00000336. The van der Waals surface area contributed by atoms with Crippen LogP contribution in [-0.2, 0) is 21.1 Å². The number of hydrogen-bond donors (Lipinski definition) is 0. The van der Waals surface area contributed by atoms with Gasteiger partial charge in [-0.25, -0.2) is 0 Å². The molecule has 0 fully saturated rings. The van der Waals surface area contributed by atoms with Gasteiger partial charge in [0.25, 0.3) is 0 Å². The van der Waals surface area contributed by atoms with E-state index in [1.54, 1.807) is 6.20 Å². The third-order valence-corrected chi connectivity index (χ3v) is 9.34. The third-order valence-electron chi connectivity index (χ3n) is 9.34. The van der Waals surface area contributed by atoms with Gasteiger partial charge in [-0.05, 0) is 57.0 Å². The predicted octanol–water partition coefficient (Wildman–Crippen LogP) is 10.3. The fraction of sp³-hybridized carbons (Fsp3) is 0.146. The molecule has 6 nitrogen and oxygen atoms in total. The molecule has 0 aliphatic rings. The molecule has 7 heteroatoms. The van der Waals surface area contributed by atoms with E-state index in [4.69, 9.17) is 9.72 Å². The number of nitrogens with zero attached hydrogens (tertiary/aromatic N) is 5. The third kappa shape index (κ3) is 4.62. The molecule has 48 heavy (non-hydrogen) atoms. The maximum Gasteiger partial charge on any atom is 2.00 e. The fourth-order valence-corrected chi connectivity index (χ4v) is 7.16. The van der Waals surface area contributed by atoms with Crippen molar-refractivity contribution in [3.63, 3.8) is 0 Å². The molecule has 0 atom stereocenters. The van der Waals surface area contributed by atoms with Gasteiger partial charge in [0.2, 0.25) is 0 Å². The van der Waals surface area contributed by atoms with Gasteiger partial charge in [-0.1, -0.05) is 104 Å². The van der Waals surface area contributed by atoms with E-state index in [0.717, 1.165) is 54.6 Å². The van der Waals surface area contributed by atoms with Gasteiger partial charge in [0.15, 0.2) is 0 Å². The molecule has 0 unspecified atom stereocenters. The van der Waals surface area contributed by atoms with Crippen LogP contribution in [0.15, 0.2) is 104 Å². The van der Waals surface area contributed by atoms with E-state index in [0.29, 0.717) is 23.3 Å². The second-order valence-corrected chi connectivity index (χ2v) is 12.8. The minimum atomic E-state index is 0. The van der Waals surface area contributed by atoms with E-state index in [1.165, 1.54) is 22.3 Å². The van der Waals surface area contributed by atoms with Crippen molar-refractivity contribution in [1.29, 1.82) is 0 Å². The Morgan fingerprint density at radius 3 is 1.85 bits per heavy atom. The molecule has 0 aliphatic heterocycles. The molecule has 0 amide bonds. The van der Waals surface area contributed by atoms with Crippen molar-refractivity contribution >= 4 is 54.6 Å². The number of fused-ring (bicyclic) bond motifs is 12. The van der Waals surface area contributed by atoms with Crippen LogP contribution in [0.1, 0.15) is 50.7 Å². The Morgan fingerprint density at radius 1 is 0.625 bits per heavy atom. The summed E-state index contributed by atoms with van der Waals surface area (Å²) in [4.78, 5) is 13.7. The Morgan fingerprint density at radius 2 is 1.23 bits per heavy atom. The molecule has 0 saturated carbocycles. The fourth-order valence-electron chi connectivity index (χ4n) is 7.16. The monoisotopic (exact) mass is 804 g/mol. The molecule has 0 spiro atoms. The van der Waals surface area contributed by atoms with Crippen LogP contribution in [0.2, 0.25) is 0 Å². The average Bonchev–Trinajstić information content (AvgIpc) is 3.79. The zero-order chi connectivity index (χ0) is 31.8. The Kier molecular flexibility index (Phi) is 7.30. The molecule has 9 aromatic rings. The minimum absolute atomic E-state index is 0. The first kappa shape index (κ1) is 30.3. The van der Waals surface area contributed by atoms with Gasteiger partial charge in [0.1, 0.15) is 0 Å². The number of hydrogen-bond acceptors (Lipinski definition) is 4. The van der Waals surface area contributed by atoms with Crippen LogP contribution in [0.3, 0.4) is 0 Å². The summed E-state index contributed by atoms with van der Waals surface area (Å²) in [6.45, 7) is 9.09. The normalized spacial score (nSPS) is 12.0. The van der Waals surface area contributed by atoms with Crippen molar-refractivity contribution in [3.05, 3.63) is 127 Å². The minimum Gasteiger partial charge on any atom is -0.497 e. The summed E-state index contributed by atoms with van der Waals surface area (Å²) in [5.74, 6) is 2.02. The summed E-state index contributed by atoms with van der Waals surface area (Å²) in [7, 11) is 0. The number of benzene rings is 4. The SMILES string of the molecule is CC(C)c1cccc(C(C)C)c1-c1ccc2c(c1)c1ccc(Oc3[c-]c4c(cc3)c3ccncc3n3ccnc43)[c-]c1c1nccn21.[Pt+2]. The molecular formula is C41H31N5OPt. The molecule has 0 saturated heterocycles. The summed E-state index contributed by atoms with van der Waals surface area (Å²) >= 11 is 0. The van der Waals surface area contributed by atoms with Gasteiger partial charge in [-0.3, -0.25) is 15.0 Å². The molecule has 4 aromatic carbocycles. The van der Waals surface area contributed by atoms with Crippen molar-refractivity contribution in [2.45, 2.75) is 39.5 Å². The first-order chi connectivity index (χ1) is 23.0. The zero-order valence-corrected chi connectivity index (χ0v) is 29.2. The Labute approximate surface area is 292 Å². The maximum absolute atomic E-state index is 6.45. The standard InChI is InChI=1S/C41H31N5O.Pt/c1-24(2)29-6-5-7-30(25(3)4)39(29)26-8-13-37-34(20-26)32-12-10-28(22-36(32)40-43-16-18-45(37)40)47-27-9-11-31-33-14-15-42-23-38(33)46-19-17-44-41(46)35(31)21-27;/h5-20,23-25H,1-4H3;/q-2;+2. The summed E-state index contributed by atoms with van der Waals surface area (Å²) < 4.78 is 10.6. The molecule has 0 bridgehead atoms. The van der Waals surface area contributed by atoms with Crippen LogP contribution in [0, 0.1) is 12.1 Å². The number of imidazole rings is 2. The molecule has 0 radical (unpaired) electrons. The first-order valence-electron chi connectivity index (χ1n) is 16.1. The van der Waals surface area contributed by atoms with E-state index >= 15 is 0 Å². The van der Waals surface area contributed by atoms with Gasteiger partial charge in [0, 0.05) is 54.2 Å². The topological polar surface area (TPSA) is 56.7 Å². The van der Waals surface area contributed by atoms with E-state index < -0.39 is 0 Å². The predicted molar refractivity (Wildman–Crippen MR) is 190 cm³/mol. The molecule has 236 valence electrons. The number of pyridine rings is 3. The quantitative estimate of drug-likeness (QED) is 0.128. The van der Waals surface area contributed by atoms with Gasteiger partial charge in [-0.15, -0.1) is 12.1 Å². The largest absolute Gasteiger partial charge is 2.00 e. The molecule has 9 rings (SSSR count). The van der Waals surface area contributed by atoms with Crippen molar-refractivity contribution in [1.82, 2.24) is 23.8 Å². The molecule has 5 aromatic heterocycles. The van der Waals surface area contributed by atoms with Crippen LogP contribution in [-0.4, -0.2) is 23.8 Å². The summed E-state index contributed by atoms with van der Waals surface area (Å²) in [5.41, 5.74) is 9.08. The van der Waals surface area contributed by atoms with E-state index in [9.17, 15) is 0 Å².